The van der Waals surface area contributed by atoms with Gasteiger partial charge in [-0.3, -0.25) is 9.59 Å². The first-order valence-corrected chi connectivity index (χ1v) is 10.3. The Morgan fingerprint density at radius 2 is 1.94 bits per heavy atom. The van der Waals surface area contributed by atoms with Crippen molar-refractivity contribution in [3.8, 4) is 0 Å². The lowest BCUT2D eigenvalue weighted by Crippen LogP contribution is -2.44. The predicted molar refractivity (Wildman–Crippen MR) is 111 cm³/mol. The van der Waals surface area contributed by atoms with Crippen LogP contribution in [0.5, 0.6) is 0 Å². The van der Waals surface area contributed by atoms with Gasteiger partial charge in [0.1, 0.15) is 0 Å². The van der Waals surface area contributed by atoms with E-state index >= 15 is 0 Å². The molecule has 1 aliphatic rings. The van der Waals surface area contributed by atoms with Crippen LogP contribution >= 0.6 is 0 Å². The maximum absolute atomic E-state index is 12.8. The summed E-state index contributed by atoms with van der Waals surface area (Å²) in [6, 6.07) is 10.6. The van der Waals surface area contributed by atoms with Gasteiger partial charge < -0.3 is 15.3 Å². The molecule has 0 spiro atoms. The number of nitrogens with zero attached hydrogens (tertiary/aromatic N) is 3. The first-order chi connectivity index (χ1) is 14.7. The minimum Gasteiger partial charge on any atom is -0.391 e. The van der Waals surface area contributed by atoms with Crippen LogP contribution in [0.4, 0.5) is 8.78 Å². The summed E-state index contributed by atoms with van der Waals surface area (Å²) in [5, 5.41) is 17.4. The van der Waals surface area contributed by atoms with E-state index in [0.29, 0.717) is 36.9 Å². The lowest BCUT2D eigenvalue weighted by atomic mass is 9.74. The standard InChI is InChI=1S/C22H28F2N4O3/c1-15(29)25-14-22(16-6-4-3-5-7-16)11-8-18(19(30)9-12-22)27(2)20(31)17-10-13-28(26-17)21(23)24/h3-7,10,13,18-19,21,30H,8-9,11-12,14H2,1-2H3,(H,25,29)/t18-,19-,22+/m0/s1. The Morgan fingerprint density at radius 3 is 2.55 bits per heavy atom. The molecule has 1 aromatic carbocycles. The monoisotopic (exact) mass is 434 g/mol. The number of aliphatic hydroxyl groups excluding tert-OH is 1. The lowest BCUT2D eigenvalue weighted by molar-refractivity contribution is -0.119. The summed E-state index contributed by atoms with van der Waals surface area (Å²) in [7, 11) is 1.56. The third-order valence-electron chi connectivity index (χ3n) is 6.19. The van der Waals surface area contributed by atoms with Crippen LogP contribution in [0.25, 0.3) is 0 Å². The molecule has 1 aliphatic carbocycles. The van der Waals surface area contributed by atoms with Crippen molar-refractivity contribution < 1.29 is 23.5 Å². The summed E-state index contributed by atoms with van der Waals surface area (Å²) in [4.78, 5) is 25.8. The van der Waals surface area contributed by atoms with E-state index < -0.39 is 24.6 Å². The maximum atomic E-state index is 12.8. The number of nitrogens with one attached hydrogen (secondary N) is 1. The second-order valence-electron chi connectivity index (χ2n) is 8.14. The van der Waals surface area contributed by atoms with Crippen molar-refractivity contribution in [1.29, 1.82) is 0 Å². The van der Waals surface area contributed by atoms with Gasteiger partial charge in [0.2, 0.25) is 5.91 Å². The zero-order valence-electron chi connectivity index (χ0n) is 17.7. The van der Waals surface area contributed by atoms with Crippen LogP contribution in [-0.4, -0.2) is 57.3 Å². The number of amides is 2. The zero-order valence-corrected chi connectivity index (χ0v) is 17.7. The smallest absolute Gasteiger partial charge is 0.333 e. The van der Waals surface area contributed by atoms with Crippen molar-refractivity contribution in [3.05, 3.63) is 53.9 Å². The highest BCUT2D eigenvalue weighted by Gasteiger charge is 2.40. The molecule has 1 aromatic heterocycles. The van der Waals surface area contributed by atoms with E-state index in [1.165, 1.54) is 17.9 Å². The Balaban J connectivity index is 1.81. The van der Waals surface area contributed by atoms with Crippen LogP contribution in [0.15, 0.2) is 42.6 Å². The summed E-state index contributed by atoms with van der Waals surface area (Å²) in [6.07, 6.45) is 2.48. The van der Waals surface area contributed by atoms with Gasteiger partial charge in [-0.25, -0.2) is 4.68 Å². The summed E-state index contributed by atoms with van der Waals surface area (Å²) in [5.41, 5.74) is 0.608. The number of alkyl halides is 2. The molecule has 3 rings (SSSR count). The molecule has 7 nitrogen and oxygen atoms in total. The number of carbonyl (C=O) groups excluding carboxylic acids is 2. The molecule has 2 amide bonds. The third kappa shape index (κ3) is 5.10. The van der Waals surface area contributed by atoms with Crippen molar-refractivity contribution in [3.63, 3.8) is 0 Å². The van der Waals surface area contributed by atoms with Crippen molar-refractivity contribution in [2.75, 3.05) is 13.6 Å². The van der Waals surface area contributed by atoms with Gasteiger partial charge >= 0.3 is 6.55 Å². The summed E-state index contributed by atoms with van der Waals surface area (Å²) < 4.78 is 26.0. The Labute approximate surface area is 180 Å². The van der Waals surface area contributed by atoms with E-state index in [1.807, 2.05) is 30.3 Å². The highest BCUT2D eigenvalue weighted by atomic mass is 19.3. The molecule has 3 atom stereocenters. The number of benzene rings is 1. The van der Waals surface area contributed by atoms with Crippen LogP contribution in [0.1, 0.15) is 55.2 Å². The fourth-order valence-electron chi connectivity index (χ4n) is 4.35. The van der Waals surface area contributed by atoms with Gasteiger partial charge in [0.15, 0.2) is 5.69 Å². The van der Waals surface area contributed by atoms with Crippen LogP contribution in [0, 0.1) is 0 Å². The van der Waals surface area contributed by atoms with Gasteiger partial charge in [0, 0.05) is 32.1 Å². The molecule has 0 aliphatic heterocycles. The van der Waals surface area contributed by atoms with E-state index in [2.05, 4.69) is 10.4 Å². The Morgan fingerprint density at radius 1 is 1.26 bits per heavy atom. The number of aromatic nitrogens is 2. The fourth-order valence-corrected chi connectivity index (χ4v) is 4.35. The second kappa shape index (κ2) is 9.55. The largest absolute Gasteiger partial charge is 0.391 e. The minimum atomic E-state index is -2.82. The van der Waals surface area contributed by atoms with Gasteiger partial charge in [-0.1, -0.05) is 30.3 Å². The van der Waals surface area contributed by atoms with E-state index in [1.54, 1.807) is 7.05 Å². The average molecular weight is 434 g/mol. The molecule has 0 radical (unpaired) electrons. The van der Waals surface area contributed by atoms with E-state index in [4.69, 9.17) is 0 Å². The van der Waals surface area contributed by atoms with Gasteiger partial charge in [-0.15, -0.1) is 0 Å². The molecule has 0 bridgehead atoms. The quantitative estimate of drug-likeness (QED) is 0.685. The molecule has 1 fully saturated rings. The molecule has 31 heavy (non-hydrogen) atoms. The van der Waals surface area contributed by atoms with Crippen LogP contribution in [0.3, 0.4) is 0 Å². The van der Waals surface area contributed by atoms with E-state index in [0.717, 1.165) is 11.8 Å². The number of halogens is 2. The summed E-state index contributed by atoms with van der Waals surface area (Å²) >= 11 is 0. The number of aliphatic hydroxyl groups is 1. The van der Waals surface area contributed by atoms with Crippen LogP contribution in [-0.2, 0) is 10.2 Å². The second-order valence-corrected chi connectivity index (χ2v) is 8.14. The number of carbonyl (C=O) groups is 2. The zero-order chi connectivity index (χ0) is 22.6. The first-order valence-electron chi connectivity index (χ1n) is 10.3. The predicted octanol–water partition coefficient (Wildman–Crippen LogP) is 2.73. The summed E-state index contributed by atoms with van der Waals surface area (Å²) in [6.45, 7) is -0.920. The molecule has 2 aromatic rings. The molecule has 9 heteroatoms. The van der Waals surface area contributed by atoms with Crippen molar-refractivity contribution in [2.24, 2.45) is 0 Å². The van der Waals surface area contributed by atoms with Gasteiger partial charge in [0.05, 0.1) is 12.1 Å². The molecule has 2 N–H and O–H groups in total. The third-order valence-corrected chi connectivity index (χ3v) is 6.19. The SMILES string of the molecule is CC(=O)NC[C@]1(c2ccccc2)CC[C@H](O)[C@@H](N(C)C(=O)c2ccn(C(F)F)n2)CC1. The Bertz CT molecular complexity index is 905. The fraction of sp³-hybridized carbons (Fsp3) is 0.500. The first kappa shape index (κ1) is 22.9. The average Bonchev–Trinajstić information content (AvgIpc) is 3.19. The van der Waals surface area contributed by atoms with E-state index in [-0.39, 0.29) is 17.0 Å². The maximum Gasteiger partial charge on any atom is 0.333 e. The molecule has 0 unspecified atom stereocenters. The van der Waals surface area contributed by atoms with Crippen molar-refractivity contribution >= 4 is 11.8 Å². The van der Waals surface area contributed by atoms with Gasteiger partial charge in [-0.2, -0.15) is 13.9 Å². The highest BCUT2D eigenvalue weighted by molar-refractivity contribution is 5.92. The summed E-state index contributed by atoms with van der Waals surface area (Å²) in [5.74, 6) is -0.643. The molecule has 1 saturated carbocycles. The highest BCUT2D eigenvalue weighted by Crippen LogP contribution is 2.39. The molecular formula is C22H28F2N4O3. The number of likely N-dealkylation sites (N-methyl/N-ethyl adjacent to an activating group) is 1. The Hall–Kier alpha value is -2.81. The van der Waals surface area contributed by atoms with Crippen LogP contribution in [0.2, 0.25) is 0 Å². The normalized spacial score (nSPS) is 23.9. The van der Waals surface area contributed by atoms with Crippen molar-refractivity contribution in [2.45, 2.75) is 56.7 Å². The number of rotatable bonds is 6. The number of hydrogen-bond acceptors (Lipinski definition) is 4. The molecule has 0 saturated heterocycles. The van der Waals surface area contributed by atoms with Crippen LogP contribution < -0.4 is 5.32 Å². The van der Waals surface area contributed by atoms with E-state index in [9.17, 15) is 23.5 Å². The Kier molecular flexibility index (Phi) is 7.04. The topological polar surface area (TPSA) is 87.5 Å². The lowest BCUT2D eigenvalue weighted by Gasteiger charge is -2.34. The van der Waals surface area contributed by atoms with Gasteiger partial charge in [0.25, 0.3) is 5.91 Å². The van der Waals surface area contributed by atoms with Crippen molar-refractivity contribution in [1.82, 2.24) is 20.0 Å². The number of hydrogen-bond donors (Lipinski definition) is 2. The molecule has 168 valence electrons. The van der Waals surface area contributed by atoms with Gasteiger partial charge in [-0.05, 0) is 37.3 Å². The minimum absolute atomic E-state index is 0.0909. The molecule has 1 heterocycles. The molecular weight excluding hydrogens is 406 g/mol.